The highest BCUT2D eigenvalue weighted by Crippen LogP contribution is 2.33. The van der Waals surface area contributed by atoms with E-state index in [4.69, 9.17) is 24.7 Å². The fraction of sp³-hybridized carbons (Fsp3) is 0.516. The minimum Gasteiger partial charge on any atom is -0.494 e. The van der Waals surface area contributed by atoms with E-state index in [2.05, 4.69) is 5.32 Å². The molecule has 0 bridgehead atoms. The van der Waals surface area contributed by atoms with Crippen molar-refractivity contribution in [2.24, 2.45) is 5.73 Å². The fourth-order valence-electron chi connectivity index (χ4n) is 4.93. The van der Waals surface area contributed by atoms with Crippen LogP contribution in [0.2, 0.25) is 0 Å². The van der Waals surface area contributed by atoms with Gasteiger partial charge in [0.15, 0.2) is 0 Å². The van der Waals surface area contributed by atoms with Crippen molar-refractivity contribution in [3.05, 3.63) is 59.2 Å². The molecule has 3 N–H and O–H groups in total. The molecule has 41 heavy (non-hydrogen) atoms. The van der Waals surface area contributed by atoms with E-state index in [1.807, 2.05) is 37.3 Å². The molecule has 2 aliphatic heterocycles. The van der Waals surface area contributed by atoms with Crippen molar-refractivity contribution >= 4 is 17.7 Å². The summed E-state index contributed by atoms with van der Waals surface area (Å²) in [7, 11) is 0. The van der Waals surface area contributed by atoms with E-state index in [9.17, 15) is 14.4 Å². The van der Waals surface area contributed by atoms with Crippen LogP contribution in [0.5, 0.6) is 11.5 Å². The lowest BCUT2D eigenvalue weighted by Gasteiger charge is -2.29. The lowest BCUT2D eigenvalue weighted by atomic mass is 10.0. The van der Waals surface area contributed by atoms with Gasteiger partial charge in [-0.05, 0) is 68.9 Å². The lowest BCUT2D eigenvalue weighted by Crippen LogP contribution is -2.52. The number of benzene rings is 2. The molecule has 10 heteroatoms. The van der Waals surface area contributed by atoms with Crippen molar-refractivity contribution < 1.29 is 33.3 Å². The summed E-state index contributed by atoms with van der Waals surface area (Å²) in [5.41, 5.74) is 8.29. The van der Waals surface area contributed by atoms with Crippen LogP contribution in [0.15, 0.2) is 42.5 Å². The number of carbonyl (C=O) groups is 3. The normalized spacial score (nSPS) is 17.4. The van der Waals surface area contributed by atoms with E-state index in [-0.39, 0.29) is 30.8 Å². The Morgan fingerprint density at radius 1 is 0.902 bits per heavy atom. The van der Waals surface area contributed by atoms with Gasteiger partial charge in [0.25, 0.3) is 5.91 Å². The summed E-state index contributed by atoms with van der Waals surface area (Å²) >= 11 is 0. The number of fused-ring (bicyclic) bond motifs is 1. The van der Waals surface area contributed by atoms with Crippen LogP contribution in [-0.2, 0) is 25.6 Å². The number of nitrogens with two attached hydrogens (primary N) is 1. The first-order valence-corrected chi connectivity index (χ1v) is 14.5. The topological polar surface area (TPSA) is 129 Å². The third-order valence-corrected chi connectivity index (χ3v) is 7.19. The number of piperidine rings is 1. The zero-order chi connectivity index (χ0) is 29.0. The van der Waals surface area contributed by atoms with Crippen molar-refractivity contribution in [1.82, 2.24) is 10.2 Å². The van der Waals surface area contributed by atoms with Crippen LogP contribution < -0.4 is 20.5 Å². The van der Waals surface area contributed by atoms with E-state index in [1.165, 1.54) is 4.90 Å². The highest BCUT2D eigenvalue weighted by atomic mass is 16.5. The summed E-state index contributed by atoms with van der Waals surface area (Å²) < 4.78 is 23.1. The van der Waals surface area contributed by atoms with Crippen LogP contribution in [0.4, 0.5) is 0 Å². The van der Waals surface area contributed by atoms with E-state index in [0.29, 0.717) is 50.8 Å². The molecule has 0 aromatic heterocycles. The number of rotatable bonds is 17. The van der Waals surface area contributed by atoms with Gasteiger partial charge in [-0.1, -0.05) is 18.2 Å². The minimum atomic E-state index is -0.644. The van der Waals surface area contributed by atoms with Gasteiger partial charge in [0.2, 0.25) is 11.8 Å². The smallest absolute Gasteiger partial charge is 0.255 e. The first kappa shape index (κ1) is 30.5. The molecule has 1 saturated heterocycles. The predicted octanol–water partition coefficient (Wildman–Crippen LogP) is 3.52. The Hall–Kier alpha value is -3.47. The number of imide groups is 1. The van der Waals surface area contributed by atoms with Crippen LogP contribution in [0.25, 0.3) is 0 Å². The van der Waals surface area contributed by atoms with Crippen LogP contribution in [-0.4, -0.2) is 68.3 Å². The zero-order valence-electron chi connectivity index (χ0n) is 23.8. The predicted molar refractivity (Wildman–Crippen MR) is 153 cm³/mol. The van der Waals surface area contributed by atoms with Crippen molar-refractivity contribution in [2.75, 3.05) is 39.6 Å². The van der Waals surface area contributed by atoms with Crippen LogP contribution in [0.3, 0.4) is 0 Å². The zero-order valence-corrected chi connectivity index (χ0v) is 23.8. The van der Waals surface area contributed by atoms with Crippen molar-refractivity contribution in [2.45, 2.75) is 64.1 Å². The quantitative estimate of drug-likeness (QED) is 0.219. The molecule has 1 fully saturated rings. The van der Waals surface area contributed by atoms with Gasteiger partial charge in [-0.25, -0.2) is 0 Å². The van der Waals surface area contributed by atoms with E-state index in [0.717, 1.165) is 49.2 Å². The second-order valence-electron chi connectivity index (χ2n) is 10.4. The molecule has 2 aromatic carbocycles. The van der Waals surface area contributed by atoms with E-state index < -0.39 is 11.9 Å². The van der Waals surface area contributed by atoms with Crippen molar-refractivity contribution in [1.29, 1.82) is 0 Å². The highest BCUT2D eigenvalue weighted by Gasteiger charge is 2.40. The highest BCUT2D eigenvalue weighted by molar-refractivity contribution is 6.05. The summed E-state index contributed by atoms with van der Waals surface area (Å²) in [6, 6.07) is 12.6. The third-order valence-electron chi connectivity index (χ3n) is 7.19. The minimum absolute atomic E-state index is 0.000678. The molecule has 0 radical (unpaired) electrons. The van der Waals surface area contributed by atoms with Gasteiger partial charge in [-0.3, -0.25) is 19.7 Å². The maximum atomic E-state index is 12.9. The number of nitrogens with one attached hydrogen (secondary N) is 1. The van der Waals surface area contributed by atoms with Gasteiger partial charge >= 0.3 is 0 Å². The average molecular weight is 568 g/mol. The molecule has 222 valence electrons. The van der Waals surface area contributed by atoms with E-state index >= 15 is 0 Å². The Balaban J connectivity index is 1.02. The molecule has 3 amide bonds. The maximum absolute atomic E-state index is 12.9. The van der Waals surface area contributed by atoms with Crippen LogP contribution >= 0.6 is 0 Å². The number of carbonyl (C=O) groups excluding carboxylic acids is 3. The SMILES string of the molecule is CC(N)c1cccc(OCCCCCOCCCOCCOc2cccc3c2CN(C2CCC(=O)NC2=O)C3=O)c1. The summed E-state index contributed by atoms with van der Waals surface area (Å²) in [5, 5.41) is 2.32. The van der Waals surface area contributed by atoms with Gasteiger partial charge in [-0.15, -0.1) is 0 Å². The summed E-state index contributed by atoms with van der Waals surface area (Å²) in [6.07, 6.45) is 4.36. The van der Waals surface area contributed by atoms with Crippen LogP contribution in [0.1, 0.15) is 73.0 Å². The molecule has 2 unspecified atom stereocenters. The Morgan fingerprint density at radius 2 is 1.66 bits per heavy atom. The lowest BCUT2D eigenvalue weighted by molar-refractivity contribution is -0.136. The average Bonchev–Trinajstić information content (AvgIpc) is 3.30. The first-order valence-electron chi connectivity index (χ1n) is 14.5. The molecule has 10 nitrogen and oxygen atoms in total. The Kier molecular flexibility index (Phi) is 11.5. The Morgan fingerprint density at radius 3 is 2.46 bits per heavy atom. The van der Waals surface area contributed by atoms with Gasteiger partial charge in [0.1, 0.15) is 24.1 Å². The Bertz CT molecular complexity index is 1190. The van der Waals surface area contributed by atoms with Gasteiger partial charge < -0.3 is 29.6 Å². The molecule has 2 aliphatic rings. The molecule has 2 atom stereocenters. The second-order valence-corrected chi connectivity index (χ2v) is 10.4. The fourth-order valence-corrected chi connectivity index (χ4v) is 4.93. The monoisotopic (exact) mass is 567 g/mol. The molecular weight excluding hydrogens is 526 g/mol. The largest absolute Gasteiger partial charge is 0.494 e. The summed E-state index contributed by atoms with van der Waals surface area (Å²) in [5.74, 6) is 0.534. The second kappa shape index (κ2) is 15.5. The summed E-state index contributed by atoms with van der Waals surface area (Å²) in [4.78, 5) is 38.2. The third kappa shape index (κ3) is 8.76. The number of amides is 3. The molecule has 0 aliphatic carbocycles. The van der Waals surface area contributed by atoms with Gasteiger partial charge in [-0.2, -0.15) is 0 Å². The first-order chi connectivity index (χ1) is 19.9. The standard InChI is InChI=1S/C31H41N3O7/c1-22(32)23-8-5-9-24(20-23)40-17-4-2-3-14-38-15-7-16-39-18-19-41-28-11-6-10-25-26(28)21-34(31(25)37)27-12-13-29(35)33-30(27)36/h5-6,8-11,20,22,27H,2-4,7,12-19,21,32H2,1H3,(H,33,35,36). The molecule has 4 rings (SSSR count). The number of hydrogen-bond donors (Lipinski definition) is 2. The maximum Gasteiger partial charge on any atom is 0.255 e. The van der Waals surface area contributed by atoms with Gasteiger partial charge in [0, 0.05) is 43.4 Å². The molecule has 2 heterocycles. The summed E-state index contributed by atoms with van der Waals surface area (Å²) in [6.45, 7) is 5.63. The number of nitrogens with zero attached hydrogens (tertiary/aromatic N) is 1. The Labute approximate surface area is 241 Å². The van der Waals surface area contributed by atoms with E-state index in [1.54, 1.807) is 12.1 Å². The number of ether oxygens (including phenoxy) is 4. The van der Waals surface area contributed by atoms with Crippen molar-refractivity contribution in [3.8, 4) is 11.5 Å². The molecule has 2 aromatic rings. The van der Waals surface area contributed by atoms with Gasteiger partial charge in [0.05, 0.1) is 19.8 Å². The number of hydrogen-bond acceptors (Lipinski definition) is 8. The molecular formula is C31H41N3O7. The molecule has 0 spiro atoms. The number of unbranched alkanes of at least 4 members (excludes halogenated alkanes) is 2. The van der Waals surface area contributed by atoms with Crippen molar-refractivity contribution in [3.63, 3.8) is 0 Å². The molecule has 0 saturated carbocycles. The van der Waals surface area contributed by atoms with Crippen LogP contribution in [0, 0.1) is 0 Å².